The van der Waals surface area contributed by atoms with Gasteiger partial charge in [0.25, 0.3) is 5.91 Å². The molecule has 2 heterocycles. The zero-order valence-electron chi connectivity index (χ0n) is 21.4. The van der Waals surface area contributed by atoms with E-state index in [1.165, 1.54) is 17.5 Å². The number of likely N-dealkylation sites (tertiary alicyclic amines) is 1. The normalized spacial score (nSPS) is 17.1. The number of fused-ring (bicyclic) bond motifs is 1. The number of nitrogens with zero attached hydrogens (tertiary/aromatic N) is 2. The summed E-state index contributed by atoms with van der Waals surface area (Å²) in [5.74, 6) is 1.34. The summed E-state index contributed by atoms with van der Waals surface area (Å²) < 4.78 is 5.33. The molecule has 1 unspecified atom stereocenters. The quantitative estimate of drug-likeness (QED) is 0.458. The molecule has 1 aliphatic heterocycles. The maximum Gasteiger partial charge on any atom is 0.270 e. The average Bonchev–Trinajstić information content (AvgIpc) is 3.30. The minimum atomic E-state index is -0.0256. The summed E-state index contributed by atoms with van der Waals surface area (Å²) in [7, 11) is 1.66. The summed E-state index contributed by atoms with van der Waals surface area (Å²) in [6, 6.07) is 16.9. The number of aryl methyl sites for hydroxylation is 1. The second-order valence-corrected chi connectivity index (χ2v) is 10.0. The minimum Gasteiger partial charge on any atom is -0.497 e. The highest BCUT2D eigenvalue weighted by atomic mass is 16.5. The Morgan fingerprint density at radius 1 is 1.15 bits per heavy atom. The van der Waals surface area contributed by atoms with E-state index in [9.17, 15) is 4.79 Å². The molecular formula is C29H39N3O2. The van der Waals surface area contributed by atoms with Crippen LogP contribution < -0.4 is 4.74 Å². The van der Waals surface area contributed by atoms with Crippen molar-refractivity contribution in [1.82, 2.24) is 14.8 Å². The van der Waals surface area contributed by atoms with Crippen molar-refractivity contribution in [2.45, 2.75) is 52.5 Å². The van der Waals surface area contributed by atoms with Crippen molar-refractivity contribution in [3.8, 4) is 5.75 Å². The fourth-order valence-electron chi connectivity index (χ4n) is 5.24. The van der Waals surface area contributed by atoms with Crippen molar-refractivity contribution >= 4 is 16.8 Å². The highest BCUT2D eigenvalue weighted by Gasteiger charge is 2.34. The van der Waals surface area contributed by atoms with Gasteiger partial charge in [0, 0.05) is 36.1 Å². The van der Waals surface area contributed by atoms with Crippen LogP contribution in [0.1, 0.15) is 62.2 Å². The molecule has 1 atom stereocenters. The van der Waals surface area contributed by atoms with Gasteiger partial charge in [-0.15, -0.1) is 0 Å². The van der Waals surface area contributed by atoms with Crippen LogP contribution >= 0.6 is 0 Å². The Kier molecular flexibility index (Phi) is 7.32. The van der Waals surface area contributed by atoms with E-state index in [2.05, 4.69) is 61.8 Å². The molecular weight excluding hydrogens is 422 g/mol. The summed E-state index contributed by atoms with van der Waals surface area (Å²) in [6.45, 7) is 12.5. The number of piperidine rings is 1. The number of rotatable bonds is 8. The van der Waals surface area contributed by atoms with Crippen molar-refractivity contribution in [3.05, 3.63) is 65.4 Å². The van der Waals surface area contributed by atoms with Gasteiger partial charge in [0.2, 0.25) is 0 Å². The lowest BCUT2D eigenvalue weighted by Gasteiger charge is -2.45. The first-order valence-corrected chi connectivity index (χ1v) is 12.7. The Hall–Kier alpha value is -2.79. The molecule has 0 bridgehead atoms. The van der Waals surface area contributed by atoms with E-state index in [1.807, 2.05) is 29.2 Å². The van der Waals surface area contributed by atoms with Gasteiger partial charge in [-0.1, -0.05) is 31.2 Å². The predicted octanol–water partition coefficient (Wildman–Crippen LogP) is 5.85. The first-order chi connectivity index (χ1) is 16.3. The number of nitrogens with one attached hydrogen (secondary N) is 1. The van der Waals surface area contributed by atoms with Gasteiger partial charge >= 0.3 is 0 Å². The molecule has 0 aliphatic carbocycles. The second kappa shape index (κ2) is 10.2. The lowest BCUT2D eigenvalue weighted by atomic mass is 9.87. The number of hydrogen-bond donors (Lipinski definition) is 1. The molecule has 34 heavy (non-hydrogen) atoms. The van der Waals surface area contributed by atoms with Crippen LogP contribution in [0.2, 0.25) is 0 Å². The van der Waals surface area contributed by atoms with E-state index in [0.717, 1.165) is 49.1 Å². The van der Waals surface area contributed by atoms with Crippen molar-refractivity contribution in [3.63, 3.8) is 0 Å². The summed E-state index contributed by atoms with van der Waals surface area (Å²) in [6.07, 6.45) is 3.39. The highest BCUT2D eigenvalue weighted by molar-refractivity contribution is 5.98. The molecule has 1 fully saturated rings. The van der Waals surface area contributed by atoms with E-state index in [-0.39, 0.29) is 11.4 Å². The van der Waals surface area contributed by atoms with Gasteiger partial charge in [0.05, 0.1) is 7.11 Å². The van der Waals surface area contributed by atoms with Crippen molar-refractivity contribution < 1.29 is 9.53 Å². The number of carbonyl (C=O) groups excluding carboxylic acids is 1. The van der Waals surface area contributed by atoms with Crippen LogP contribution in [-0.4, -0.2) is 54.0 Å². The summed E-state index contributed by atoms with van der Waals surface area (Å²) in [4.78, 5) is 21.3. The summed E-state index contributed by atoms with van der Waals surface area (Å²) in [5.41, 5.74) is 4.32. The van der Waals surface area contributed by atoms with Gasteiger partial charge in [-0.2, -0.15) is 0 Å². The van der Waals surface area contributed by atoms with Gasteiger partial charge in [0.1, 0.15) is 11.4 Å². The number of methoxy groups -OCH3 is 1. The monoisotopic (exact) mass is 461 g/mol. The van der Waals surface area contributed by atoms with Crippen LogP contribution in [0, 0.1) is 5.92 Å². The summed E-state index contributed by atoms with van der Waals surface area (Å²) in [5, 5.41) is 0.999. The Labute approximate surface area is 204 Å². The maximum absolute atomic E-state index is 13.4. The number of hydrogen-bond acceptors (Lipinski definition) is 3. The van der Waals surface area contributed by atoms with Crippen molar-refractivity contribution in [2.24, 2.45) is 5.92 Å². The zero-order valence-corrected chi connectivity index (χ0v) is 21.4. The van der Waals surface area contributed by atoms with E-state index in [1.54, 1.807) is 7.11 Å². The van der Waals surface area contributed by atoms with Crippen LogP contribution in [-0.2, 0) is 12.0 Å². The Balaban J connectivity index is 1.45. The number of H-pyrrole nitrogens is 1. The molecule has 1 saturated heterocycles. The lowest BCUT2D eigenvalue weighted by Crippen LogP contribution is -2.49. The first-order valence-electron chi connectivity index (χ1n) is 12.7. The molecule has 2 aromatic carbocycles. The van der Waals surface area contributed by atoms with Gasteiger partial charge in [-0.25, -0.2) is 0 Å². The molecule has 0 radical (unpaired) electrons. The fraction of sp³-hybridized carbons (Fsp3) is 0.483. The molecule has 1 amide bonds. The third-order valence-corrected chi connectivity index (χ3v) is 7.58. The maximum atomic E-state index is 13.4. The molecule has 0 spiro atoms. The van der Waals surface area contributed by atoms with Crippen LogP contribution in [0.4, 0.5) is 0 Å². The van der Waals surface area contributed by atoms with E-state index in [4.69, 9.17) is 4.74 Å². The molecule has 5 nitrogen and oxygen atoms in total. The molecule has 3 aromatic rings. The molecule has 1 aliphatic rings. The second-order valence-electron chi connectivity index (χ2n) is 10.0. The van der Waals surface area contributed by atoms with Gasteiger partial charge in [-0.05, 0) is 87.9 Å². The molecule has 1 aromatic heterocycles. The molecule has 1 N–H and O–H groups in total. The van der Waals surface area contributed by atoms with Crippen LogP contribution in [0.5, 0.6) is 5.75 Å². The van der Waals surface area contributed by atoms with Crippen molar-refractivity contribution in [2.75, 3.05) is 33.3 Å². The SMILES string of the molecule is CCc1ccc(C(C)(C)N2CCCC(CN(CC)C(=O)c3cc4cc(OC)ccc4[nH]3)C2)cc1. The number of aromatic nitrogens is 1. The number of aromatic amines is 1. The van der Waals surface area contributed by atoms with Crippen LogP contribution in [0.3, 0.4) is 0 Å². The smallest absolute Gasteiger partial charge is 0.270 e. The molecule has 0 saturated carbocycles. The zero-order chi connectivity index (χ0) is 24.3. The number of amides is 1. The van der Waals surface area contributed by atoms with E-state index >= 15 is 0 Å². The Morgan fingerprint density at radius 3 is 2.59 bits per heavy atom. The first kappa shape index (κ1) is 24.3. The third kappa shape index (κ3) is 5.00. The largest absolute Gasteiger partial charge is 0.497 e. The van der Waals surface area contributed by atoms with Gasteiger partial charge < -0.3 is 14.6 Å². The van der Waals surface area contributed by atoms with Crippen molar-refractivity contribution in [1.29, 1.82) is 0 Å². The summed E-state index contributed by atoms with van der Waals surface area (Å²) >= 11 is 0. The topological polar surface area (TPSA) is 48.6 Å². The number of carbonyl (C=O) groups is 1. The molecule has 182 valence electrons. The average molecular weight is 462 g/mol. The van der Waals surface area contributed by atoms with Crippen LogP contribution in [0.25, 0.3) is 10.9 Å². The standard InChI is InChI=1S/C29H39N3O2/c1-6-21-10-12-24(13-11-21)29(3,4)32-16-8-9-22(20-32)19-31(7-2)28(33)27-18-23-17-25(34-5)14-15-26(23)30-27/h10-15,17-18,22,30H,6-9,16,19-20H2,1-5H3. The molecule has 4 rings (SSSR count). The predicted molar refractivity (Wildman–Crippen MR) is 140 cm³/mol. The minimum absolute atomic E-state index is 0.0256. The lowest BCUT2D eigenvalue weighted by molar-refractivity contribution is 0.0461. The highest BCUT2D eigenvalue weighted by Crippen LogP contribution is 2.33. The third-order valence-electron chi connectivity index (χ3n) is 7.58. The van der Waals surface area contributed by atoms with Crippen LogP contribution in [0.15, 0.2) is 48.5 Å². The number of ether oxygens (including phenoxy) is 1. The Bertz CT molecular complexity index is 1120. The fourth-order valence-corrected chi connectivity index (χ4v) is 5.24. The Morgan fingerprint density at radius 2 is 1.91 bits per heavy atom. The molecule has 5 heteroatoms. The van der Waals surface area contributed by atoms with E-state index in [0.29, 0.717) is 18.2 Å². The van der Waals surface area contributed by atoms with E-state index < -0.39 is 0 Å². The number of benzene rings is 2. The van der Waals surface area contributed by atoms with Gasteiger partial charge in [-0.3, -0.25) is 9.69 Å². The van der Waals surface area contributed by atoms with Gasteiger partial charge in [0.15, 0.2) is 0 Å².